The Bertz CT molecular complexity index is 1360. The predicted octanol–water partition coefficient (Wildman–Crippen LogP) is 3.72. The molecule has 2 unspecified atom stereocenters. The van der Waals surface area contributed by atoms with Crippen molar-refractivity contribution in [2.45, 2.75) is 62.7 Å². The number of phenolic OH excluding ortho intramolecular Hbond substituents is 1. The van der Waals surface area contributed by atoms with Crippen LogP contribution in [0.15, 0.2) is 60.2 Å². The molecule has 2 saturated heterocycles. The number of hydrogen-bond donors (Lipinski definition) is 2. The summed E-state index contributed by atoms with van der Waals surface area (Å²) in [4.78, 5) is 45.0. The van der Waals surface area contributed by atoms with Gasteiger partial charge in [0.15, 0.2) is 0 Å². The summed E-state index contributed by atoms with van der Waals surface area (Å²) in [6.45, 7) is 0.908. The van der Waals surface area contributed by atoms with Crippen molar-refractivity contribution in [3.63, 3.8) is 0 Å². The molecule has 2 aliphatic heterocycles. The Morgan fingerprint density at radius 3 is 2.56 bits per heavy atom. The number of rotatable bonds is 6. The number of halogens is 1. The number of nitrogens with zero attached hydrogens (tertiary/aromatic N) is 4. The lowest BCUT2D eigenvalue weighted by Gasteiger charge is -2.55. The minimum atomic E-state index is -1.07. The van der Waals surface area contributed by atoms with E-state index in [1.165, 1.54) is 24.1 Å². The summed E-state index contributed by atoms with van der Waals surface area (Å²) in [7, 11) is 1.71. The van der Waals surface area contributed by atoms with Gasteiger partial charge in [0.1, 0.15) is 23.3 Å². The first-order chi connectivity index (χ1) is 19.8. The molecule has 1 spiro atoms. The second-order valence-corrected chi connectivity index (χ2v) is 11.6. The van der Waals surface area contributed by atoms with Crippen LogP contribution in [0.3, 0.4) is 0 Å². The number of aromatic hydroxyl groups is 1. The summed E-state index contributed by atoms with van der Waals surface area (Å²) in [5.74, 6) is -0.708. The first-order valence-corrected chi connectivity index (χ1v) is 14.4. The third kappa shape index (κ3) is 5.05. The number of fused-ring (bicyclic) bond motifs is 2. The van der Waals surface area contributed by atoms with Crippen LogP contribution in [0, 0.1) is 5.82 Å². The molecule has 2 N–H and O–H groups in total. The number of piperazine rings is 1. The summed E-state index contributed by atoms with van der Waals surface area (Å²) in [6.07, 6.45) is 7.30. The fraction of sp³-hybridized carbons (Fsp3) is 0.452. The molecule has 41 heavy (non-hydrogen) atoms. The third-order valence-corrected chi connectivity index (χ3v) is 8.93. The average Bonchev–Trinajstić information content (AvgIpc) is 3.70. The first kappa shape index (κ1) is 27.3. The van der Waals surface area contributed by atoms with Gasteiger partial charge in [0.05, 0.1) is 13.1 Å². The normalized spacial score (nSPS) is 26.2. The zero-order valence-corrected chi connectivity index (χ0v) is 23.3. The maximum absolute atomic E-state index is 14.2. The van der Waals surface area contributed by atoms with E-state index in [-0.39, 0.29) is 55.0 Å². The molecule has 2 aliphatic carbocycles. The first-order valence-electron chi connectivity index (χ1n) is 14.4. The van der Waals surface area contributed by atoms with Crippen molar-refractivity contribution in [1.82, 2.24) is 25.1 Å². The van der Waals surface area contributed by atoms with Crippen molar-refractivity contribution in [2.24, 2.45) is 0 Å². The van der Waals surface area contributed by atoms with Gasteiger partial charge in [-0.3, -0.25) is 9.59 Å². The fourth-order valence-electron chi connectivity index (χ4n) is 6.77. The van der Waals surface area contributed by atoms with Crippen molar-refractivity contribution in [3.05, 3.63) is 77.1 Å². The van der Waals surface area contributed by atoms with Gasteiger partial charge in [0.25, 0.3) is 0 Å². The highest BCUT2D eigenvalue weighted by Crippen LogP contribution is 2.59. The van der Waals surface area contributed by atoms with Crippen LogP contribution in [0.1, 0.15) is 55.6 Å². The minimum absolute atomic E-state index is 0.0370. The topological polar surface area (TPSA) is 96.4 Å². The number of allylic oxidation sites excluding steroid dienone is 1. The zero-order valence-electron chi connectivity index (χ0n) is 23.3. The molecular weight excluding hydrogens is 525 g/mol. The SMILES string of the molecule is CN1CC(=O)N2[C@H](CN(CCC3=CCCCC3)C(=O)C23CC3c2ccc(O)cc2)N1C(=O)NCc1ccc(F)cc1. The monoisotopic (exact) mass is 561 g/mol. The molecule has 2 heterocycles. The van der Waals surface area contributed by atoms with E-state index < -0.39 is 11.7 Å². The molecule has 0 bridgehead atoms. The lowest BCUT2D eigenvalue weighted by Crippen LogP contribution is -2.77. The lowest BCUT2D eigenvalue weighted by molar-refractivity contribution is -0.190. The van der Waals surface area contributed by atoms with E-state index >= 15 is 0 Å². The second-order valence-electron chi connectivity index (χ2n) is 11.6. The number of phenols is 1. The van der Waals surface area contributed by atoms with Gasteiger partial charge in [0.2, 0.25) is 11.8 Å². The maximum atomic E-state index is 14.2. The highest BCUT2D eigenvalue weighted by Gasteiger charge is 2.71. The summed E-state index contributed by atoms with van der Waals surface area (Å²) in [5.41, 5.74) is 1.91. The summed E-state index contributed by atoms with van der Waals surface area (Å²) in [6, 6.07) is 12.3. The lowest BCUT2D eigenvalue weighted by atomic mass is 9.95. The summed E-state index contributed by atoms with van der Waals surface area (Å²) in [5, 5.41) is 15.9. The third-order valence-electron chi connectivity index (χ3n) is 8.93. The molecule has 1 saturated carbocycles. The van der Waals surface area contributed by atoms with Crippen molar-refractivity contribution in [3.8, 4) is 5.75 Å². The molecule has 9 nitrogen and oxygen atoms in total. The Kier molecular flexibility index (Phi) is 7.19. The number of amides is 4. The number of nitrogens with one attached hydrogen (secondary N) is 1. The van der Waals surface area contributed by atoms with E-state index in [0.29, 0.717) is 13.0 Å². The van der Waals surface area contributed by atoms with Crippen LogP contribution in [0.5, 0.6) is 5.75 Å². The van der Waals surface area contributed by atoms with E-state index in [9.17, 15) is 23.9 Å². The van der Waals surface area contributed by atoms with Crippen LogP contribution >= 0.6 is 0 Å². The van der Waals surface area contributed by atoms with Crippen molar-refractivity contribution in [1.29, 1.82) is 0 Å². The van der Waals surface area contributed by atoms with Gasteiger partial charge in [-0.2, -0.15) is 0 Å². The molecule has 3 fully saturated rings. The molecule has 3 atom stereocenters. The molecule has 2 aromatic rings. The van der Waals surface area contributed by atoms with E-state index in [1.54, 1.807) is 58.4 Å². The summed E-state index contributed by atoms with van der Waals surface area (Å²) < 4.78 is 13.4. The van der Waals surface area contributed by atoms with Crippen LogP contribution in [0.4, 0.5) is 9.18 Å². The van der Waals surface area contributed by atoms with E-state index in [1.807, 2.05) is 4.90 Å². The van der Waals surface area contributed by atoms with Crippen LogP contribution in [0.2, 0.25) is 0 Å². The molecule has 0 aromatic heterocycles. The molecule has 4 aliphatic rings. The Hall–Kier alpha value is -3.92. The molecular formula is C31H36FN5O4. The van der Waals surface area contributed by atoms with Crippen LogP contribution in [-0.2, 0) is 16.1 Å². The Labute approximate surface area is 239 Å². The number of carbonyl (C=O) groups excluding carboxylic acids is 3. The summed E-state index contributed by atoms with van der Waals surface area (Å²) >= 11 is 0. The number of benzene rings is 2. The Balaban J connectivity index is 1.30. The smallest absolute Gasteiger partial charge is 0.334 e. The highest BCUT2D eigenvalue weighted by atomic mass is 19.1. The van der Waals surface area contributed by atoms with Gasteiger partial charge in [0, 0.05) is 26.1 Å². The van der Waals surface area contributed by atoms with Crippen LogP contribution in [-0.4, -0.2) is 81.2 Å². The molecule has 6 rings (SSSR count). The molecule has 4 amide bonds. The highest BCUT2D eigenvalue weighted by molar-refractivity contribution is 5.98. The van der Waals surface area contributed by atoms with Gasteiger partial charge in [-0.25, -0.2) is 19.2 Å². The second kappa shape index (κ2) is 10.8. The fourth-order valence-corrected chi connectivity index (χ4v) is 6.77. The van der Waals surface area contributed by atoms with Gasteiger partial charge < -0.3 is 20.2 Å². The Morgan fingerprint density at radius 2 is 1.85 bits per heavy atom. The van der Waals surface area contributed by atoms with Crippen LogP contribution < -0.4 is 5.32 Å². The predicted molar refractivity (Wildman–Crippen MR) is 150 cm³/mol. The number of urea groups is 1. The van der Waals surface area contributed by atoms with Gasteiger partial charge >= 0.3 is 6.03 Å². The van der Waals surface area contributed by atoms with Gasteiger partial charge in [-0.1, -0.05) is 35.9 Å². The van der Waals surface area contributed by atoms with Crippen molar-refractivity contribution in [2.75, 3.05) is 26.7 Å². The standard InChI is InChI=1S/C31H36FN5O4/c1-34-20-28(39)36-27(37(34)30(41)33-18-22-7-11-24(32)12-8-22)19-35(16-15-21-5-3-2-4-6-21)29(40)31(36)17-26(31)23-9-13-25(38)14-10-23/h5,7-14,26-27,38H,2-4,6,15-20H2,1H3,(H,33,41)/t26?,27-,31?/m0/s1. The molecule has 2 aromatic carbocycles. The van der Waals surface area contributed by atoms with E-state index in [4.69, 9.17) is 0 Å². The largest absolute Gasteiger partial charge is 0.508 e. The average molecular weight is 562 g/mol. The number of carbonyl (C=O) groups is 3. The van der Waals surface area contributed by atoms with Crippen molar-refractivity contribution < 1.29 is 23.9 Å². The molecule has 0 radical (unpaired) electrons. The number of hydrogen-bond acceptors (Lipinski definition) is 5. The Morgan fingerprint density at radius 1 is 1.10 bits per heavy atom. The quantitative estimate of drug-likeness (QED) is 0.525. The number of hydrazine groups is 1. The molecule has 10 heteroatoms. The van der Waals surface area contributed by atoms with E-state index in [0.717, 1.165) is 36.8 Å². The zero-order chi connectivity index (χ0) is 28.7. The number of likely N-dealkylation sites (N-methyl/N-ethyl adjacent to an activating group) is 1. The van der Waals surface area contributed by atoms with Crippen LogP contribution in [0.25, 0.3) is 0 Å². The van der Waals surface area contributed by atoms with Crippen molar-refractivity contribution >= 4 is 17.8 Å². The van der Waals surface area contributed by atoms with Gasteiger partial charge in [-0.15, -0.1) is 0 Å². The minimum Gasteiger partial charge on any atom is -0.508 e. The molecule has 216 valence electrons. The maximum Gasteiger partial charge on any atom is 0.334 e. The van der Waals surface area contributed by atoms with E-state index in [2.05, 4.69) is 11.4 Å². The van der Waals surface area contributed by atoms with Gasteiger partial charge in [-0.05, 0) is 73.9 Å².